The van der Waals surface area contributed by atoms with Gasteiger partial charge in [0.15, 0.2) is 12.4 Å². The maximum atomic E-state index is 12.3. The van der Waals surface area contributed by atoms with E-state index in [1.807, 2.05) is 31.2 Å². The Morgan fingerprint density at radius 1 is 1.19 bits per heavy atom. The zero-order chi connectivity index (χ0) is 19.1. The Bertz CT molecular complexity index is 754. The minimum absolute atomic E-state index is 0.0156. The van der Waals surface area contributed by atoms with Crippen LogP contribution in [0.5, 0.6) is 5.75 Å². The number of nitrogens with one attached hydrogen (secondary N) is 1. The molecule has 3 rings (SSSR count). The average Bonchev–Trinajstić information content (AvgIpc) is 3.10. The molecule has 0 bridgehead atoms. The molecule has 0 spiro atoms. The quantitative estimate of drug-likeness (QED) is 0.774. The number of carbonyl (C=O) groups excluding carboxylic acids is 2. The summed E-state index contributed by atoms with van der Waals surface area (Å²) in [5, 5.41) is 6.50. The molecule has 8 nitrogen and oxygen atoms in total. The molecule has 0 atom stereocenters. The average molecular weight is 372 g/mol. The molecule has 27 heavy (non-hydrogen) atoms. The number of aromatic nitrogens is 1. The lowest BCUT2D eigenvalue weighted by atomic mass is 10.3. The normalized spacial score (nSPS) is 14.8. The van der Waals surface area contributed by atoms with Gasteiger partial charge in [0.2, 0.25) is 5.91 Å². The van der Waals surface area contributed by atoms with E-state index in [9.17, 15) is 9.59 Å². The summed E-state index contributed by atoms with van der Waals surface area (Å²) >= 11 is 0. The molecule has 2 aromatic rings. The van der Waals surface area contributed by atoms with Gasteiger partial charge >= 0.3 is 0 Å². The summed E-state index contributed by atoms with van der Waals surface area (Å²) in [5.74, 6) is 1.06. The highest BCUT2D eigenvalue weighted by Gasteiger charge is 2.22. The first kappa shape index (κ1) is 18.9. The number of ether oxygens (including phenoxy) is 1. The highest BCUT2D eigenvalue weighted by Crippen LogP contribution is 2.10. The molecule has 2 heterocycles. The second-order valence-electron chi connectivity index (χ2n) is 6.47. The molecule has 0 aliphatic carbocycles. The Morgan fingerprint density at radius 3 is 2.59 bits per heavy atom. The molecule has 0 saturated carbocycles. The minimum Gasteiger partial charge on any atom is -0.484 e. The molecule has 0 radical (unpaired) electrons. The highest BCUT2D eigenvalue weighted by atomic mass is 16.5. The molecular formula is C19H24N4O4. The summed E-state index contributed by atoms with van der Waals surface area (Å²) in [5.41, 5.74) is 0.866. The van der Waals surface area contributed by atoms with E-state index in [-0.39, 0.29) is 25.0 Å². The van der Waals surface area contributed by atoms with Crippen LogP contribution >= 0.6 is 0 Å². The monoisotopic (exact) mass is 372 g/mol. The van der Waals surface area contributed by atoms with E-state index in [2.05, 4.69) is 15.4 Å². The van der Waals surface area contributed by atoms with Crippen LogP contribution in [0, 0.1) is 6.92 Å². The summed E-state index contributed by atoms with van der Waals surface area (Å²) in [6, 6.07) is 11.0. The number of amides is 2. The van der Waals surface area contributed by atoms with Crippen molar-refractivity contribution >= 4 is 11.8 Å². The second kappa shape index (κ2) is 9.18. The molecule has 1 aliphatic rings. The SMILES string of the molecule is Cc1cc(CN2CCN(C(=O)CNC(=O)COc3ccccc3)CC2)on1. The van der Waals surface area contributed by atoms with Crippen LogP contribution in [-0.4, -0.2) is 66.1 Å². The number of nitrogens with zero attached hydrogens (tertiary/aromatic N) is 3. The van der Waals surface area contributed by atoms with Gasteiger partial charge in [-0.15, -0.1) is 0 Å². The van der Waals surface area contributed by atoms with Gasteiger partial charge in [-0.25, -0.2) is 0 Å². The Balaban J connectivity index is 1.33. The van der Waals surface area contributed by atoms with Gasteiger partial charge in [-0.1, -0.05) is 23.4 Å². The number of benzene rings is 1. The summed E-state index contributed by atoms with van der Waals surface area (Å²) < 4.78 is 10.6. The van der Waals surface area contributed by atoms with Crippen LogP contribution < -0.4 is 10.1 Å². The van der Waals surface area contributed by atoms with Crippen LogP contribution in [0.3, 0.4) is 0 Å². The number of para-hydroxylation sites is 1. The van der Waals surface area contributed by atoms with Gasteiger partial charge in [0.1, 0.15) is 5.75 Å². The van der Waals surface area contributed by atoms with Crippen LogP contribution in [0.2, 0.25) is 0 Å². The van der Waals surface area contributed by atoms with E-state index >= 15 is 0 Å². The van der Waals surface area contributed by atoms with Crippen molar-refractivity contribution in [2.45, 2.75) is 13.5 Å². The van der Waals surface area contributed by atoms with Crippen LogP contribution in [0.25, 0.3) is 0 Å². The maximum Gasteiger partial charge on any atom is 0.258 e. The van der Waals surface area contributed by atoms with Gasteiger partial charge in [-0.05, 0) is 19.1 Å². The van der Waals surface area contributed by atoms with E-state index in [0.717, 1.165) is 24.5 Å². The predicted molar refractivity (Wildman–Crippen MR) is 98.0 cm³/mol. The van der Waals surface area contributed by atoms with E-state index < -0.39 is 0 Å². The van der Waals surface area contributed by atoms with Crippen molar-refractivity contribution in [2.24, 2.45) is 0 Å². The fraction of sp³-hybridized carbons (Fsp3) is 0.421. The van der Waals surface area contributed by atoms with Crippen LogP contribution in [0.1, 0.15) is 11.5 Å². The number of rotatable bonds is 7. The van der Waals surface area contributed by atoms with E-state index in [0.29, 0.717) is 25.4 Å². The fourth-order valence-electron chi connectivity index (χ4n) is 2.87. The minimum atomic E-state index is -0.313. The molecule has 2 amide bonds. The highest BCUT2D eigenvalue weighted by molar-refractivity contribution is 5.85. The smallest absolute Gasteiger partial charge is 0.258 e. The molecule has 1 saturated heterocycles. The number of carbonyl (C=O) groups is 2. The predicted octanol–water partition coefficient (Wildman–Crippen LogP) is 0.822. The molecule has 1 aromatic heterocycles. The van der Waals surface area contributed by atoms with E-state index in [1.54, 1.807) is 17.0 Å². The molecule has 1 fully saturated rings. The third kappa shape index (κ3) is 5.82. The van der Waals surface area contributed by atoms with Crippen molar-refractivity contribution in [3.05, 3.63) is 47.9 Å². The van der Waals surface area contributed by atoms with Crippen molar-refractivity contribution in [3.63, 3.8) is 0 Å². The van der Waals surface area contributed by atoms with Gasteiger partial charge in [-0.2, -0.15) is 0 Å². The summed E-state index contributed by atoms with van der Waals surface area (Å²) in [7, 11) is 0. The van der Waals surface area contributed by atoms with E-state index in [4.69, 9.17) is 9.26 Å². The summed E-state index contributed by atoms with van der Waals surface area (Å²) in [6.07, 6.45) is 0. The summed E-state index contributed by atoms with van der Waals surface area (Å²) in [4.78, 5) is 28.1. The third-order valence-corrected chi connectivity index (χ3v) is 4.33. The van der Waals surface area contributed by atoms with Gasteiger partial charge in [0.05, 0.1) is 18.8 Å². The number of hydrogen-bond donors (Lipinski definition) is 1. The molecule has 1 aliphatic heterocycles. The fourth-order valence-corrected chi connectivity index (χ4v) is 2.87. The van der Waals surface area contributed by atoms with Crippen LogP contribution in [0.15, 0.2) is 40.9 Å². The lowest BCUT2D eigenvalue weighted by Gasteiger charge is -2.34. The zero-order valence-corrected chi connectivity index (χ0v) is 15.4. The molecule has 8 heteroatoms. The van der Waals surface area contributed by atoms with Crippen molar-refractivity contribution in [1.82, 2.24) is 20.3 Å². The lowest BCUT2D eigenvalue weighted by Crippen LogP contribution is -2.51. The first-order chi connectivity index (χ1) is 13.1. The molecular weight excluding hydrogens is 348 g/mol. The first-order valence-corrected chi connectivity index (χ1v) is 8.97. The lowest BCUT2D eigenvalue weighted by molar-refractivity contribution is -0.134. The Morgan fingerprint density at radius 2 is 1.93 bits per heavy atom. The standard InChI is InChI=1S/C19H24N4O4/c1-15-11-17(27-21-15)13-22-7-9-23(10-8-22)19(25)12-20-18(24)14-26-16-5-3-2-4-6-16/h2-6,11H,7-10,12-14H2,1H3,(H,20,24). The Kier molecular flexibility index (Phi) is 6.43. The second-order valence-corrected chi connectivity index (χ2v) is 6.47. The largest absolute Gasteiger partial charge is 0.484 e. The van der Waals surface area contributed by atoms with Gasteiger partial charge < -0.3 is 19.5 Å². The van der Waals surface area contributed by atoms with Gasteiger partial charge in [0, 0.05) is 32.2 Å². The van der Waals surface area contributed by atoms with Crippen molar-refractivity contribution in [2.75, 3.05) is 39.3 Å². The zero-order valence-electron chi connectivity index (χ0n) is 15.4. The maximum absolute atomic E-state index is 12.3. The molecule has 1 aromatic carbocycles. The van der Waals surface area contributed by atoms with Crippen molar-refractivity contribution in [1.29, 1.82) is 0 Å². The summed E-state index contributed by atoms with van der Waals surface area (Å²) in [6.45, 7) is 5.23. The number of aryl methyl sites for hydroxylation is 1. The first-order valence-electron chi connectivity index (χ1n) is 8.97. The van der Waals surface area contributed by atoms with E-state index in [1.165, 1.54) is 0 Å². The Hall–Kier alpha value is -2.87. The van der Waals surface area contributed by atoms with Gasteiger partial charge in [0.25, 0.3) is 5.91 Å². The Labute approximate surface area is 158 Å². The molecule has 0 unspecified atom stereocenters. The van der Waals surface area contributed by atoms with Crippen LogP contribution in [-0.2, 0) is 16.1 Å². The number of piperazine rings is 1. The van der Waals surface area contributed by atoms with Gasteiger partial charge in [-0.3, -0.25) is 14.5 Å². The van der Waals surface area contributed by atoms with Crippen molar-refractivity contribution < 1.29 is 18.8 Å². The van der Waals surface area contributed by atoms with Crippen LogP contribution in [0.4, 0.5) is 0 Å². The van der Waals surface area contributed by atoms with Crippen molar-refractivity contribution in [3.8, 4) is 5.75 Å². The molecule has 1 N–H and O–H groups in total. The number of hydrogen-bond acceptors (Lipinski definition) is 6. The third-order valence-electron chi connectivity index (χ3n) is 4.33. The molecule has 144 valence electrons. The topological polar surface area (TPSA) is 87.9 Å².